The number of amides is 1. The summed E-state index contributed by atoms with van der Waals surface area (Å²) in [5.74, 6) is -0.796. The molecule has 7 nitrogen and oxygen atoms in total. The number of benzene rings is 1. The number of nitro benzene ring substituents is 1. The van der Waals surface area contributed by atoms with Crippen LogP contribution in [-0.2, 0) is 9.53 Å². The minimum atomic E-state index is -0.689. The van der Waals surface area contributed by atoms with Gasteiger partial charge in [-0.15, -0.1) is 0 Å². The molecular weight excluding hydrogens is 288 g/mol. The highest BCUT2D eigenvalue weighted by Crippen LogP contribution is 2.19. The van der Waals surface area contributed by atoms with E-state index in [2.05, 4.69) is 5.32 Å². The van der Waals surface area contributed by atoms with E-state index in [4.69, 9.17) is 4.74 Å². The summed E-state index contributed by atoms with van der Waals surface area (Å²) in [6, 6.07) is 3.90. The van der Waals surface area contributed by atoms with Gasteiger partial charge in [-0.25, -0.2) is 4.79 Å². The fraction of sp³-hybridized carbons (Fsp3) is 0.467. The van der Waals surface area contributed by atoms with Gasteiger partial charge in [-0.3, -0.25) is 14.9 Å². The first-order chi connectivity index (χ1) is 10.2. The van der Waals surface area contributed by atoms with E-state index >= 15 is 0 Å². The van der Waals surface area contributed by atoms with Gasteiger partial charge in [0.05, 0.1) is 10.5 Å². The van der Waals surface area contributed by atoms with E-state index in [0.29, 0.717) is 5.56 Å². The van der Waals surface area contributed by atoms with Crippen LogP contribution < -0.4 is 5.32 Å². The average Bonchev–Trinajstić information content (AvgIpc) is 2.43. The summed E-state index contributed by atoms with van der Waals surface area (Å²) in [6.07, 6.45) is 0. The van der Waals surface area contributed by atoms with Crippen LogP contribution in [0.3, 0.4) is 0 Å². The van der Waals surface area contributed by atoms with Crippen molar-refractivity contribution >= 4 is 17.6 Å². The summed E-state index contributed by atoms with van der Waals surface area (Å²) in [5.41, 5.74) is 0.463. The van der Waals surface area contributed by atoms with Crippen LogP contribution in [0, 0.1) is 23.0 Å². The standard InChI is InChI=1S/C15H20N2O5/c1-9(2)11(4)16-14(18)8-22-15(19)12-5-6-13(17(20)21)10(3)7-12/h5-7,9,11H,8H2,1-4H3,(H,16,18)/t11-/m0/s1. The number of aryl methyl sites for hydroxylation is 1. The van der Waals surface area contributed by atoms with E-state index in [-0.39, 0.29) is 35.7 Å². The fourth-order valence-electron chi connectivity index (χ4n) is 1.66. The van der Waals surface area contributed by atoms with Crippen molar-refractivity contribution in [2.24, 2.45) is 5.92 Å². The van der Waals surface area contributed by atoms with Gasteiger partial charge in [-0.1, -0.05) is 13.8 Å². The third kappa shape index (κ3) is 4.83. The zero-order chi connectivity index (χ0) is 16.9. The SMILES string of the molecule is Cc1cc(C(=O)OCC(=O)N[C@@H](C)C(C)C)ccc1[N+](=O)[O-]. The molecule has 0 heterocycles. The van der Waals surface area contributed by atoms with Crippen LogP contribution in [0.5, 0.6) is 0 Å². The number of esters is 1. The lowest BCUT2D eigenvalue weighted by atomic mass is 10.1. The molecule has 0 fully saturated rings. The van der Waals surface area contributed by atoms with Crippen LogP contribution in [0.25, 0.3) is 0 Å². The molecule has 0 aliphatic heterocycles. The van der Waals surface area contributed by atoms with Crippen molar-refractivity contribution in [3.63, 3.8) is 0 Å². The van der Waals surface area contributed by atoms with Gasteiger partial charge in [0.2, 0.25) is 0 Å². The third-order valence-corrected chi connectivity index (χ3v) is 3.35. The number of carbonyl (C=O) groups excluding carboxylic acids is 2. The Hall–Kier alpha value is -2.44. The second-order valence-electron chi connectivity index (χ2n) is 5.43. The molecule has 22 heavy (non-hydrogen) atoms. The molecule has 0 saturated carbocycles. The Morgan fingerprint density at radius 2 is 1.95 bits per heavy atom. The first-order valence-corrected chi connectivity index (χ1v) is 6.94. The Bertz CT molecular complexity index is 583. The fourth-order valence-corrected chi connectivity index (χ4v) is 1.66. The van der Waals surface area contributed by atoms with Gasteiger partial charge >= 0.3 is 5.97 Å². The van der Waals surface area contributed by atoms with Crippen molar-refractivity contribution < 1.29 is 19.2 Å². The van der Waals surface area contributed by atoms with Crippen LogP contribution >= 0.6 is 0 Å². The van der Waals surface area contributed by atoms with Gasteiger partial charge < -0.3 is 10.1 Å². The van der Waals surface area contributed by atoms with E-state index in [9.17, 15) is 19.7 Å². The number of ether oxygens (including phenoxy) is 1. The summed E-state index contributed by atoms with van der Waals surface area (Å²) in [7, 11) is 0. The molecule has 1 N–H and O–H groups in total. The summed E-state index contributed by atoms with van der Waals surface area (Å²) in [5, 5.41) is 13.4. The molecule has 0 aliphatic rings. The third-order valence-electron chi connectivity index (χ3n) is 3.35. The molecule has 1 rings (SSSR count). The van der Waals surface area contributed by atoms with Crippen LogP contribution in [0.1, 0.15) is 36.7 Å². The first-order valence-electron chi connectivity index (χ1n) is 6.94. The van der Waals surface area contributed by atoms with E-state index in [0.717, 1.165) is 0 Å². The van der Waals surface area contributed by atoms with Crippen molar-refractivity contribution in [2.45, 2.75) is 33.7 Å². The highest BCUT2D eigenvalue weighted by molar-refractivity contribution is 5.91. The van der Waals surface area contributed by atoms with Crippen molar-refractivity contribution in [2.75, 3.05) is 6.61 Å². The molecule has 0 aliphatic carbocycles. The van der Waals surface area contributed by atoms with E-state index in [1.807, 2.05) is 20.8 Å². The normalized spacial score (nSPS) is 11.9. The molecule has 0 bridgehead atoms. The van der Waals surface area contributed by atoms with E-state index in [1.54, 1.807) is 0 Å². The Kier molecular flexibility index (Phi) is 6.03. The molecule has 120 valence electrons. The summed E-state index contributed by atoms with van der Waals surface area (Å²) < 4.78 is 4.91. The number of nitro groups is 1. The lowest BCUT2D eigenvalue weighted by molar-refractivity contribution is -0.385. The Morgan fingerprint density at radius 3 is 2.45 bits per heavy atom. The number of nitrogens with one attached hydrogen (secondary N) is 1. The van der Waals surface area contributed by atoms with Crippen molar-refractivity contribution in [3.05, 3.63) is 39.4 Å². The van der Waals surface area contributed by atoms with Gasteiger partial charge in [-0.2, -0.15) is 0 Å². The van der Waals surface area contributed by atoms with Gasteiger partial charge in [0, 0.05) is 17.7 Å². The van der Waals surface area contributed by atoms with Crippen LogP contribution in [0.2, 0.25) is 0 Å². The van der Waals surface area contributed by atoms with Crippen molar-refractivity contribution in [1.82, 2.24) is 5.32 Å². The minimum Gasteiger partial charge on any atom is -0.452 e. The Labute approximate surface area is 128 Å². The highest BCUT2D eigenvalue weighted by Gasteiger charge is 2.16. The number of hydrogen-bond acceptors (Lipinski definition) is 5. The van der Waals surface area contributed by atoms with Gasteiger partial charge in [0.15, 0.2) is 6.61 Å². The number of rotatable bonds is 6. The van der Waals surface area contributed by atoms with Crippen molar-refractivity contribution in [1.29, 1.82) is 0 Å². The van der Waals surface area contributed by atoms with E-state index < -0.39 is 10.9 Å². The molecule has 0 unspecified atom stereocenters. The molecule has 0 spiro atoms. The van der Waals surface area contributed by atoms with Crippen LogP contribution in [0.15, 0.2) is 18.2 Å². The number of carbonyl (C=O) groups is 2. The molecule has 7 heteroatoms. The minimum absolute atomic E-state index is 0.0205. The number of nitrogens with zero attached hydrogens (tertiary/aromatic N) is 1. The van der Waals surface area contributed by atoms with Gasteiger partial charge in [0.1, 0.15) is 0 Å². The maximum absolute atomic E-state index is 11.8. The van der Waals surface area contributed by atoms with Gasteiger partial charge in [-0.05, 0) is 31.9 Å². The molecule has 0 radical (unpaired) electrons. The molecule has 0 saturated heterocycles. The maximum Gasteiger partial charge on any atom is 0.338 e. The maximum atomic E-state index is 11.8. The summed E-state index contributed by atoms with van der Waals surface area (Å²) >= 11 is 0. The van der Waals surface area contributed by atoms with Gasteiger partial charge in [0.25, 0.3) is 11.6 Å². The molecular formula is C15H20N2O5. The monoisotopic (exact) mass is 308 g/mol. The molecule has 1 aromatic carbocycles. The molecule has 1 amide bonds. The van der Waals surface area contributed by atoms with E-state index in [1.165, 1.54) is 25.1 Å². The molecule has 0 aromatic heterocycles. The summed E-state index contributed by atoms with van der Waals surface area (Å²) in [6.45, 7) is 6.95. The zero-order valence-electron chi connectivity index (χ0n) is 13.1. The second-order valence-corrected chi connectivity index (χ2v) is 5.43. The van der Waals surface area contributed by atoms with Crippen LogP contribution in [0.4, 0.5) is 5.69 Å². The van der Waals surface area contributed by atoms with Crippen molar-refractivity contribution in [3.8, 4) is 0 Å². The smallest absolute Gasteiger partial charge is 0.338 e. The Balaban J connectivity index is 2.61. The lowest BCUT2D eigenvalue weighted by Gasteiger charge is -2.17. The molecule has 1 aromatic rings. The highest BCUT2D eigenvalue weighted by atomic mass is 16.6. The first kappa shape index (κ1) is 17.6. The molecule has 1 atom stereocenters. The van der Waals surface area contributed by atoms with Crippen LogP contribution in [-0.4, -0.2) is 29.4 Å². The average molecular weight is 308 g/mol. The predicted octanol–water partition coefficient (Wildman–Crippen LogP) is 2.22. The predicted molar refractivity (Wildman–Crippen MR) is 80.6 cm³/mol. The zero-order valence-corrected chi connectivity index (χ0v) is 13.1. The quantitative estimate of drug-likeness (QED) is 0.493. The largest absolute Gasteiger partial charge is 0.452 e. The second kappa shape index (κ2) is 7.53. The lowest BCUT2D eigenvalue weighted by Crippen LogP contribution is -2.38. The number of hydrogen-bond donors (Lipinski definition) is 1. The Morgan fingerprint density at radius 1 is 1.32 bits per heavy atom. The topological polar surface area (TPSA) is 98.5 Å². The summed E-state index contributed by atoms with van der Waals surface area (Å²) in [4.78, 5) is 33.6.